The Morgan fingerprint density at radius 1 is 1.31 bits per heavy atom. The van der Waals surface area contributed by atoms with Crippen molar-refractivity contribution in [2.45, 2.75) is 25.9 Å². The minimum Gasteiger partial charge on any atom is -0.493 e. The summed E-state index contributed by atoms with van der Waals surface area (Å²) in [5, 5.41) is 3.34. The van der Waals surface area contributed by atoms with Crippen LogP contribution < -0.4 is 14.8 Å². The lowest BCUT2D eigenvalue weighted by Crippen LogP contribution is -2.37. The summed E-state index contributed by atoms with van der Waals surface area (Å²) in [6, 6.07) is 6.03. The average Bonchev–Trinajstić information content (AvgIpc) is 2.31. The first-order chi connectivity index (χ1) is 7.79. The molecule has 3 nitrogen and oxygen atoms in total. The summed E-state index contributed by atoms with van der Waals surface area (Å²) in [5.41, 5.74) is 1.19. The van der Waals surface area contributed by atoms with E-state index < -0.39 is 0 Å². The number of benzene rings is 1. The van der Waals surface area contributed by atoms with Crippen LogP contribution in [0.15, 0.2) is 18.2 Å². The van der Waals surface area contributed by atoms with Gasteiger partial charge in [0, 0.05) is 6.54 Å². The highest BCUT2D eigenvalue weighted by atomic mass is 16.5. The van der Waals surface area contributed by atoms with E-state index in [1.54, 1.807) is 7.11 Å². The molecular weight excluding hydrogens is 202 g/mol. The molecule has 1 aromatic carbocycles. The largest absolute Gasteiger partial charge is 0.493 e. The zero-order valence-electron chi connectivity index (χ0n) is 9.95. The minimum absolute atomic E-state index is 0.268. The molecule has 16 heavy (non-hydrogen) atoms. The predicted octanol–water partition coefficient (Wildman–Crippen LogP) is 2.13. The van der Waals surface area contributed by atoms with Gasteiger partial charge in [0.2, 0.25) is 0 Å². The number of nitrogens with one attached hydrogen (secondary N) is 1. The zero-order valence-corrected chi connectivity index (χ0v) is 9.95. The van der Waals surface area contributed by atoms with Crippen molar-refractivity contribution in [1.82, 2.24) is 5.32 Å². The van der Waals surface area contributed by atoms with Gasteiger partial charge in [-0.15, -0.1) is 0 Å². The normalized spacial score (nSPS) is 20.5. The molecule has 2 rings (SSSR count). The highest BCUT2D eigenvalue weighted by Gasteiger charge is 2.16. The molecule has 1 unspecified atom stereocenters. The number of piperidine rings is 1. The number of hydrogen-bond donors (Lipinski definition) is 1. The van der Waals surface area contributed by atoms with E-state index in [1.807, 2.05) is 18.2 Å². The van der Waals surface area contributed by atoms with Gasteiger partial charge in [-0.1, -0.05) is 6.07 Å². The Morgan fingerprint density at radius 3 is 2.88 bits per heavy atom. The number of aryl methyl sites for hydroxylation is 1. The Labute approximate surface area is 96.8 Å². The quantitative estimate of drug-likeness (QED) is 0.848. The fourth-order valence-electron chi connectivity index (χ4n) is 1.98. The highest BCUT2D eigenvalue weighted by Crippen LogP contribution is 2.29. The van der Waals surface area contributed by atoms with Crippen LogP contribution in [0.25, 0.3) is 0 Å². The van der Waals surface area contributed by atoms with Crippen LogP contribution in [-0.4, -0.2) is 26.3 Å². The molecule has 1 N–H and O–H groups in total. The van der Waals surface area contributed by atoms with Crippen molar-refractivity contribution in [2.24, 2.45) is 0 Å². The van der Waals surface area contributed by atoms with E-state index in [9.17, 15) is 0 Å². The summed E-state index contributed by atoms with van der Waals surface area (Å²) in [5.74, 6) is 1.67. The number of methoxy groups -OCH3 is 1. The molecule has 1 fully saturated rings. The van der Waals surface area contributed by atoms with Crippen LogP contribution in [0.4, 0.5) is 0 Å². The van der Waals surface area contributed by atoms with Gasteiger partial charge in [0.1, 0.15) is 6.10 Å². The molecule has 0 radical (unpaired) electrons. The van der Waals surface area contributed by atoms with Crippen molar-refractivity contribution in [3.8, 4) is 11.5 Å². The second kappa shape index (κ2) is 5.21. The summed E-state index contributed by atoms with van der Waals surface area (Å²) in [7, 11) is 1.68. The van der Waals surface area contributed by atoms with E-state index in [4.69, 9.17) is 9.47 Å². The Bertz CT molecular complexity index is 346. The predicted molar refractivity (Wildman–Crippen MR) is 64.3 cm³/mol. The second-order valence-corrected chi connectivity index (χ2v) is 4.24. The molecule has 0 spiro atoms. The monoisotopic (exact) mass is 221 g/mol. The van der Waals surface area contributed by atoms with Gasteiger partial charge in [0.25, 0.3) is 0 Å². The summed E-state index contributed by atoms with van der Waals surface area (Å²) >= 11 is 0. The summed E-state index contributed by atoms with van der Waals surface area (Å²) < 4.78 is 11.3. The molecule has 1 aliphatic heterocycles. The molecule has 3 heteroatoms. The minimum atomic E-state index is 0.268. The van der Waals surface area contributed by atoms with Crippen LogP contribution in [0.3, 0.4) is 0 Å². The third-order valence-electron chi connectivity index (χ3n) is 2.86. The smallest absolute Gasteiger partial charge is 0.161 e. The van der Waals surface area contributed by atoms with Gasteiger partial charge in [-0.3, -0.25) is 0 Å². The second-order valence-electron chi connectivity index (χ2n) is 4.24. The van der Waals surface area contributed by atoms with Crippen molar-refractivity contribution >= 4 is 0 Å². The molecule has 1 atom stereocenters. The lowest BCUT2D eigenvalue weighted by atomic mass is 10.1. The molecule has 0 saturated carbocycles. The SMILES string of the molecule is COc1ccc(C)cc1OC1CCCNC1. The third kappa shape index (κ3) is 2.67. The topological polar surface area (TPSA) is 30.5 Å². The maximum absolute atomic E-state index is 5.97. The van der Waals surface area contributed by atoms with Gasteiger partial charge >= 0.3 is 0 Å². The van der Waals surface area contributed by atoms with Gasteiger partial charge in [0.15, 0.2) is 11.5 Å². The Morgan fingerprint density at radius 2 is 2.19 bits per heavy atom. The fraction of sp³-hybridized carbons (Fsp3) is 0.538. The van der Waals surface area contributed by atoms with Crippen LogP contribution in [0.2, 0.25) is 0 Å². The fourth-order valence-corrected chi connectivity index (χ4v) is 1.98. The standard InChI is InChI=1S/C13H19NO2/c1-10-5-6-12(15-2)13(8-10)16-11-4-3-7-14-9-11/h5-6,8,11,14H,3-4,7,9H2,1-2H3. The lowest BCUT2D eigenvalue weighted by molar-refractivity contribution is 0.161. The summed E-state index contributed by atoms with van der Waals surface area (Å²) in [4.78, 5) is 0. The molecule has 1 heterocycles. The average molecular weight is 221 g/mol. The van der Waals surface area contributed by atoms with Crippen LogP contribution in [0.1, 0.15) is 18.4 Å². The first-order valence-electron chi connectivity index (χ1n) is 5.81. The number of ether oxygens (including phenoxy) is 2. The van der Waals surface area contributed by atoms with E-state index in [1.165, 1.54) is 12.0 Å². The van der Waals surface area contributed by atoms with E-state index in [0.717, 1.165) is 31.0 Å². The van der Waals surface area contributed by atoms with Gasteiger partial charge in [-0.25, -0.2) is 0 Å². The molecule has 0 aliphatic carbocycles. The molecule has 1 aliphatic rings. The number of rotatable bonds is 3. The van der Waals surface area contributed by atoms with Crippen molar-refractivity contribution in [3.63, 3.8) is 0 Å². The first-order valence-corrected chi connectivity index (χ1v) is 5.81. The Kier molecular flexibility index (Phi) is 3.67. The Hall–Kier alpha value is -1.22. The third-order valence-corrected chi connectivity index (χ3v) is 2.86. The van der Waals surface area contributed by atoms with Gasteiger partial charge in [-0.2, -0.15) is 0 Å². The molecule has 1 aromatic rings. The van der Waals surface area contributed by atoms with Crippen LogP contribution >= 0.6 is 0 Å². The number of hydrogen-bond acceptors (Lipinski definition) is 3. The molecule has 0 amide bonds. The van der Waals surface area contributed by atoms with Crippen molar-refractivity contribution in [3.05, 3.63) is 23.8 Å². The van der Waals surface area contributed by atoms with Gasteiger partial charge in [0.05, 0.1) is 7.11 Å². The molecule has 1 saturated heterocycles. The zero-order chi connectivity index (χ0) is 11.4. The van der Waals surface area contributed by atoms with Crippen LogP contribution in [0.5, 0.6) is 11.5 Å². The van der Waals surface area contributed by atoms with Crippen molar-refractivity contribution < 1.29 is 9.47 Å². The highest BCUT2D eigenvalue weighted by molar-refractivity contribution is 5.42. The maximum Gasteiger partial charge on any atom is 0.161 e. The van der Waals surface area contributed by atoms with Crippen molar-refractivity contribution in [2.75, 3.05) is 20.2 Å². The van der Waals surface area contributed by atoms with Crippen LogP contribution in [-0.2, 0) is 0 Å². The molecular formula is C13H19NO2. The molecule has 88 valence electrons. The van der Waals surface area contributed by atoms with Gasteiger partial charge < -0.3 is 14.8 Å². The van der Waals surface area contributed by atoms with E-state index >= 15 is 0 Å². The lowest BCUT2D eigenvalue weighted by Gasteiger charge is -2.24. The van der Waals surface area contributed by atoms with Gasteiger partial charge in [-0.05, 0) is 44.0 Å². The van der Waals surface area contributed by atoms with E-state index in [2.05, 4.69) is 12.2 Å². The Balaban J connectivity index is 2.09. The maximum atomic E-state index is 5.97. The molecule has 0 aromatic heterocycles. The summed E-state index contributed by atoms with van der Waals surface area (Å²) in [6.45, 7) is 4.09. The van der Waals surface area contributed by atoms with Crippen LogP contribution in [0, 0.1) is 6.92 Å². The molecule has 0 bridgehead atoms. The summed E-state index contributed by atoms with van der Waals surface area (Å²) in [6.07, 6.45) is 2.56. The van der Waals surface area contributed by atoms with E-state index in [0.29, 0.717) is 0 Å². The van der Waals surface area contributed by atoms with E-state index in [-0.39, 0.29) is 6.10 Å². The first kappa shape index (κ1) is 11.3. The van der Waals surface area contributed by atoms with Crippen molar-refractivity contribution in [1.29, 1.82) is 0 Å².